The first-order valence-corrected chi connectivity index (χ1v) is 13.1. The maximum absolute atomic E-state index is 13.1. The van der Waals surface area contributed by atoms with Crippen LogP contribution in [0.3, 0.4) is 0 Å². The lowest BCUT2D eigenvalue weighted by atomic mass is 9.83. The fraction of sp³-hybridized carbons (Fsp3) is 0.708. The van der Waals surface area contributed by atoms with Crippen molar-refractivity contribution in [3.63, 3.8) is 0 Å². The third kappa shape index (κ3) is 9.80. The minimum absolute atomic E-state index is 0.0873. The molecule has 0 saturated heterocycles. The second kappa shape index (κ2) is 13.0. The number of amides is 2. The summed E-state index contributed by atoms with van der Waals surface area (Å²) in [5, 5.41) is 16.6. The van der Waals surface area contributed by atoms with E-state index >= 15 is 0 Å². The number of alkyl carbamates (subject to hydrolysis) is 1. The number of aliphatic hydroxyl groups is 1. The van der Waals surface area contributed by atoms with Crippen molar-refractivity contribution in [2.75, 3.05) is 12.0 Å². The predicted octanol–water partition coefficient (Wildman–Crippen LogP) is 2.92. The molecule has 0 aromatic carbocycles. The molecule has 0 spiro atoms. The maximum Gasteiger partial charge on any atom is 0.408 e. The molecule has 9 heteroatoms. The van der Waals surface area contributed by atoms with E-state index < -0.39 is 29.9 Å². The van der Waals surface area contributed by atoms with Gasteiger partial charge in [-0.1, -0.05) is 38.2 Å². The highest BCUT2D eigenvalue weighted by Crippen LogP contribution is 2.28. The number of ether oxygens (including phenoxy) is 1. The van der Waals surface area contributed by atoms with Crippen LogP contribution in [0, 0.1) is 5.92 Å². The molecule has 3 N–H and O–H groups in total. The van der Waals surface area contributed by atoms with Gasteiger partial charge in [0.1, 0.15) is 11.6 Å². The van der Waals surface area contributed by atoms with E-state index in [1.165, 1.54) is 28.8 Å². The molecule has 1 aromatic rings. The van der Waals surface area contributed by atoms with Crippen LogP contribution >= 0.6 is 11.8 Å². The van der Waals surface area contributed by atoms with Gasteiger partial charge in [0, 0.05) is 18.0 Å². The molecule has 2 rings (SSSR count). The van der Waals surface area contributed by atoms with Crippen LogP contribution in [0.25, 0.3) is 0 Å². The number of aromatic nitrogens is 1. The average Bonchev–Trinajstić information content (AvgIpc) is 2.74. The Labute approximate surface area is 200 Å². The first kappa shape index (κ1) is 27.2. The molecule has 2 amide bonds. The van der Waals surface area contributed by atoms with Crippen molar-refractivity contribution in [3.05, 3.63) is 34.7 Å². The van der Waals surface area contributed by atoms with E-state index in [2.05, 4.69) is 10.6 Å². The summed E-state index contributed by atoms with van der Waals surface area (Å²) in [6, 6.07) is 3.51. The summed E-state index contributed by atoms with van der Waals surface area (Å²) in [4.78, 5) is 37.5. The van der Waals surface area contributed by atoms with E-state index in [1.807, 2.05) is 6.26 Å². The Morgan fingerprint density at radius 3 is 2.52 bits per heavy atom. The normalized spacial score (nSPS) is 17.6. The van der Waals surface area contributed by atoms with Crippen LogP contribution in [0.2, 0.25) is 0 Å². The minimum atomic E-state index is -0.938. The molecule has 0 bridgehead atoms. The Balaban J connectivity index is 2.12. The molecule has 1 aromatic heterocycles. The Morgan fingerprint density at radius 1 is 1.21 bits per heavy atom. The van der Waals surface area contributed by atoms with Crippen molar-refractivity contribution in [2.24, 2.45) is 5.92 Å². The van der Waals surface area contributed by atoms with Gasteiger partial charge in [0.15, 0.2) is 0 Å². The summed E-state index contributed by atoms with van der Waals surface area (Å²) in [7, 11) is 0. The Morgan fingerprint density at radius 2 is 1.91 bits per heavy atom. The molecule has 1 aliphatic carbocycles. The van der Waals surface area contributed by atoms with Crippen LogP contribution < -0.4 is 16.2 Å². The number of carbonyl (C=O) groups excluding carboxylic acids is 2. The first-order chi connectivity index (χ1) is 15.6. The van der Waals surface area contributed by atoms with Gasteiger partial charge in [0.25, 0.3) is 5.56 Å². The molecule has 0 unspecified atom stereocenters. The summed E-state index contributed by atoms with van der Waals surface area (Å²) < 4.78 is 6.75. The summed E-state index contributed by atoms with van der Waals surface area (Å²) in [6.07, 6.45) is 8.16. The zero-order chi connectivity index (χ0) is 24.4. The van der Waals surface area contributed by atoms with Crippen molar-refractivity contribution >= 4 is 23.8 Å². The number of aliphatic hydroxyl groups excluding tert-OH is 1. The molecule has 186 valence electrons. The van der Waals surface area contributed by atoms with Gasteiger partial charge >= 0.3 is 6.09 Å². The monoisotopic (exact) mass is 481 g/mol. The number of nitrogens with zero attached hydrogens (tertiary/aromatic N) is 1. The minimum Gasteiger partial charge on any atom is -0.444 e. The van der Waals surface area contributed by atoms with Crippen molar-refractivity contribution in [3.8, 4) is 0 Å². The second-order valence-electron chi connectivity index (χ2n) is 9.77. The number of pyridine rings is 1. The summed E-state index contributed by atoms with van der Waals surface area (Å²) in [6.45, 7) is 5.37. The summed E-state index contributed by atoms with van der Waals surface area (Å²) in [5.74, 6) is 0.412. The lowest BCUT2D eigenvalue weighted by molar-refractivity contribution is -0.124. The van der Waals surface area contributed by atoms with Crippen molar-refractivity contribution < 1.29 is 19.4 Å². The molecule has 33 heavy (non-hydrogen) atoms. The van der Waals surface area contributed by atoms with Gasteiger partial charge in [-0.25, -0.2) is 4.79 Å². The zero-order valence-electron chi connectivity index (χ0n) is 20.2. The maximum atomic E-state index is 13.1. The highest BCUT2D eigenvalue weighted by molar-refractivity contribution is 7.98. The molecule has 0 aliphatic heterocycles. The standard InChI is InChI=1S/C24H39N3O5S/c1-24(2,3)32-23(31)26-19(16-33-4)22(30)25-18(14-17-10-6-5-7-11-17)20(28)15-27-13-9-8-12-21(27)29/h8-9,12-13,17-20,28H,5-7,10-11,14-16H2,1-4H3,(H,25,30)(H,26,31)/t18-,19-,20-/m0/s1. The summed E-state index contributed by atoms with van der Waals surface area (Å²) >= 11 is 1.43. The Hall–Kier alpha value is -2.00. The van der Waals surface area contributed by atoms with Crippen LogP contribution in [0.4, 0.5) is 4.79 Å². The first-order valence-electron chi connectivity index (χ1n) is 11.7. The molecule has 0 radical (unpaired) electrons. The number of rotatable bonds is 10. The quantitative estimate of drug-likeness (QED) is 0.474. The molecular weight excluding hydrogens is 442 g/mol. The van der Waals surface area contributed by atoms with Crippen LogP contribution in [0.5, 0.6) is 0 Å². The van der Waals surface area contributed by atoms with Crippen LogP contribution in [0.1, 0.15) is 59.3 Å². The van der Waals surface area contributed by atoms with Crippen molar-refractivity contribution in [2.45, 2.75) is 89.6 Å². The summed E-state index contributed by atoms with van der Waals surface area (Å²) in [5.41, 5.74) is -0.876. The number of hydrogen-bond donors (Lipinski definition) is 3. The SMILES string of the molecule is CSC[C@H](NC(=O)OC(C)(C)C)C(=O)N[C@@H](CC1CCCCC1)[C@@H](O)Cn1ccccc1=O. The number of thioether (sulfide) groups is 1. The molecule has 1 aliphatic rings. The van der Waals surface area contributed by atoms with Crippen LogP contribution in [-0.4, -0.2) is 57.5 Å². The molecular formula is C24H39N3O5S. The average molecular weight is 482 g/mol. The van der Waals surface area contributed by atoms with Gasteiger partial charge in [-0.05, 0) is 45.4 Å². The number of hydrogen-bond acceptors (Lipinski definition) is 6. The van der Waals surface area contributed by atoms with Gasteiger partial charge in [-0.3, -0.25) is 9.59 Å². The van der Waals surface area contributed by atoms with Crippen LogP contribution in [0.15, 0.2) is 29.2 Å². The van der Waals surface area contributed by atoms with E-state index in [9.17, 15) is 19.5 Å². The second-order valence-corrected chi connectivity index (χ2v) is 10.7. The van der Waals surface area contributed by atoms with Gasteiger partial charge in [0.2, 0.25) is 5.91 Å². The third-order valence-corrected chi connectivity index (χ3v) is 6.39. The fourth-order valence-corrected chi connectivity index (χ4v) is 4.69. The number of nitrogens with one attached hydrogen (secondary N) is 2. The Kier molecular flexibility index (Phi) is 10.8. The highest BCUT2D eigenvalue weighted by atomic mass is 32.2. The molecule has 1 heterocycles. The third-order valence-electron chi connectivity index (χ3n) is 5.73. The van der Waals surface area contributed by atoms with E-state index in [0.29, 0.717) is 18.1 Å². The van der Waals surface area contributed by atoms with Gasteiger partial charge in [-0.15, -0.1) is 0 Å². The Bertz CT molecular complexity index is 817. The van der Waals surface area contributed by atoms with Crippen molar-refractivity contribution in [1.29, 1.82) is 0 Å². The van der Waals surface area contributed by atoms with Gasteiger partial charge in [0.05, 0.1) is 18.7 Å². The largest absolute Gasteiger partial charge is 0.444 e. The fourth-order valence-electron chi connectivity index (χ4n) is 4.12. The van der Waals surface area contributed by atoms with E-state index in [0.717, 1.165) is 25.7 Å². The smallest absolute Gasteiger partial charge is 0.408 e. The van der Waals surface area contributed by atoms with E-state index in [-0.39, 0.29) is 18.0 Å². The number of carbonyl (C=O) groups is 2. The van der Waals surface area contributed by atoms with Crippen molar-refractivity contribution in [1.82, 2.24) is 15.2 Å². The van der Waals surface area contributed by atoms with E-state index in [4.69, 9.17) is 4.74 Å². The lowest BCUT2D eigenvalue weighted by Crippen LogP contribution is -2.55. The lowest BCUT2D eigenvalue weighted by Gasteiger charge is -2.31. The topological polar surface area (TPSA) is 110 Å². The zero-order valence-corrected chi connectivity index (χ0v) is 21.0. The highest BCUT2D eigenvalue weighted by Gasteiger charge is 2.30. The van der Waals surface area contributed by atoms with E-state index in [1.54, 1.807) is 39.1 Å². The van der Waals surface area contributed by atoms with Crippen LogP contribution in [-0.2, 0) is 16.1 Å². The molecule has 1 saturated carbocycles. The molecule has 1 fully saturated rings. The predicted molar refractivity (Wildman–Crippen MR) is 131 cm³/mol. The van der Waals surface area contributed by atoms with Gasteiger partial charge < -0.3 is 25.0 Å². The molecule has 8 nitrogen and oxygen atoms in total. The van der Waals surface area contributed by atoms with Gasteiger partial charge in [-0.2, -0.15) is 11.8 Å². The molecule has 3 atom stereocenters.